The molecule has 0 spiro atoms. The topological polar surface area (TPSA) is 41.1 Å². The van der Waals surface area contributed by atoms with Gasteiger partial charge in [-0.15, -0.1) is 0 Å². The lowest BCUT2D eigenvalue weighted by atomic mass is 10.0. The highest BCUT2D eigenvalue weighted by molar-refractivity contribution is 5.74. The van der Waals surface area contributed by atoms with E-state index in [1.807, 2.05) is 25.1 Å². The number of rotatable bonds is 4. The van der Waals surface area contributed by atoms with Crippen molar-refractivity contribution < 1.29 is 4.79 Å². The van der Waals surface area contributed by atoms with E-state index in [0.29, 0.717) is 12.5 Å². The van der Waals surface area contributed by atoms with Crippen molar-refractivity contribution in [1.82, 2.24) is 10.6 Å². The number of carbonyl (C=O) groups is 1. The number of benzene rings is 1. The standard InChI is InChI=1S/C14H22N2O/c1-10(2)9-15-14(17)16-12(4)13-8-6-5-7-11(13)3/h5-8,10,12H,9H2,1-4H3,(H2,15,16,17)/t12-/m0/s1. The number of hydrogen-bond acceptors (Lipinski definition) is 1. The predicted octanol–water partition coefficient (Wildman–Crippen LogP) is 3.01. The van der Waals surface area contributed by atoms with Crippen LogP contribution < -0.4 is 10.6 Å². The zero-order valence-electron chi connectivity index (χ0n) is 11.1. The quantitative estimate of drug-likeness (QED) is 0.826. The number of nitrogens with one attached hydrogen (secondary N) is 2. The Labute approximate surface area is 104 Å². The molecule has 0 aliphatic heterocycles. The van der Waals surface area contributed by atoms with Crippen molar-refractivity contribution >= 4 is 6.03 Å². The summed E-state index contributed by atoms with van der Waals surface area (Å²) in [6.07, 6.45) is 0. The Kier molecular flexibility index (Phi) is 5.01. The van der Waals surface area contributed by atoms with Crippen LogP contribution in [0.2, 0.25) is 0 Å². The maximum Gasteiger partial charge on any atom is 0.315 e. The van der Waals surface area contributed by atoms with Crippen LogP contribution in [0.25, 0.3) is 0 Å². The molecule has 1 atom stereocenters. The molecule has 3 nitrogen and oxygen atoms in total. The van der Waals surface area contributed by atoms with Crippen molar-refractivity contribution in [3.05, 3.63) is 35.4 Å². The van der Waals surface area contributed by atoms with Gasteiger partial charge in [-0.25, -0.2) is 4.79 Å². The van der Waals surface area contributed by atoms with Gasteiger partial charge in [0.2, 0.25) is 0 Å². The smallest absolute Gasteiger partial charge is 0.315 e. The molecule has 0 bridgehead atoms. The van der Waals surface area contributed by atoms with E-state index in [-0.39, 0.29) is 12.1 Å². The van der Waals surface area contributed by atoms with Crippen LogP contribution in [0.5, 0.6) is 0 Å². The van der Waals surface area contributed by atoms with Gasteiger partial charge in [0.1, 0.15) is 0 Å². The van der Waals surface area contributed by atoms with Gasteiger partial charge < -0.3 is 10.6 Å². The zero-order chi connectivity index (χ0) is 12.8. The van der Waals surface area contributed by atoms with Crippen LogP contribution in [0, 0.1) is 12.8 Å². The second-order valence-electron chi connectivity index (χ2n) is 4.83. The Hall–Kier alpha value is -1.51. The van der Waals surface area contributed by atoms with E-state index in [4.69, 9.17) is 0 Å². The molecule has 1 aromatic carbocycles. The summed E-state index contributed by atoms with van der Waals surface area (Å²) in [6.45, 7) is 8.90. The molecular weight excluding hydrogens is 212 g/mol. The molecule has 17 heavy (non-hydrogen) atoms. The molecule has 3 heteroatoms. The molecule has 94 valence electrons. The summed E-state index contributed by atoms with van der Waals surface area (Å²) in [4.78, 5) is 11.6. The summed E-state index contributed by atoms with van der Waals surface area (Å²) in [6, 6.07) is 8.02. The molecule has 0 fully saturated rings. The first-order valence-corrected chi connectivity index (χ1v) is 6.10. The minimum atomic E-state index is -0.102. The van der Waals surface area contributed by atoms with Crippen LogP contribution in [-0.4, -0.2) is 12.6 Å². The van der Waals surface area contributed by atoms with Gasteiger partial charge in [-0.3, -0.25) is 0 Å². The van der Waals surface area contributed by atoms with Gasteiger partial charge in [0, 0.05) is 6.54 Å². The lowest BCUT2D eigenvalue weighted by Gasteiger charge is -2.17. The summed E-state index contributed by atoms with van der Waals surface area (Å²) in [5, 5.41) is 5.79. The normalized spacial score (nSPS) is 12.3. The molecule has 0 heterocycles. The van der Waals surface area contributed by atoms with E-state index in [2.05, 4.69) is 37.5 Å². The van der Waals surface area contributed by atoms with Gasteiger partial charge in [-0.2, -0.15) is 0 Å². The molecule has 0 aliphatic carbocycles. The molecule has 0 aromatic heterocycles. The third-order valence-electron chi connectivity index (χ3n) is 2.67. The predicted molar refractivity (Wildman–Crippen MR) is 71.0 cm³/mol. The van der Waals surface area contributed by atoms with Crippen molar-refractivity contribution in [2.24, 2.45) is 5.92 Å². The van der Waals surface area contributed by atoms with Crippen LogP contribution >= 0.6 is 0 Å². The average Bonchev–Trinajstić information content (AvgIpc) is 2.26. The zero-order valence-corrected chi connectivity index (χ0v) is 11.1. The third kappa shape index (κ3) is 4.47. The molecule has 1 rings (SSSR count). The molecule has 0 aliphatic rings. The van der Waals surface area contributed by atoms with E-state index in [1.165, 1.54) is 5.56 Å². The van der Waals surface area contributed by atoms with Crippen molar-refractivity contribution in [2.45, 2.75) is 33.7 Å². The van der Waals surface area contributed by atoms with Gasteiger partial charge in [0.25, 0.3) is 0 Å². The first-order chi connectivity index (χ1) is 8.00. The van der Waals surface area contributed by atoms with Gasteiger partial charge in [-0.1, -0.05) is 38.1 Å². The highest BCUT2D eigenvalue weighted by Gasteiger charge is 2.10. The minimum absolute atomic E-state index is 0.0309. The van der Waals surface area contributed by atoms with Crippen molar-refractivity contribution in [1.29, 1.82) is 0 Å². The second-order valence-corrected chi connectivity index (χ2v) is 4.83. The van der Waals surface area contributed by atoms with Crippen LogP contribution in [-0.2, 0) is 0 Å². The van der Waals surface area contributed by atoms with Crippen LogP contribution in [0.1, 0.15) is 37.9 Å². The highest BCUT2D eigenvalue weighted by atomic mass is 16.2. The molecule has 0 radical (unpaired) electrons. The van der Waals surface area contributed by atoms with Crippen LogP contribution in [0.3, 0.4) is 0 Å². The van der Waals surface area contributed by atoms with Crippen molar-refractivity contribution in [2.75, 3.05) is 6.54 Å². The van der Waals surface area contributed by atoms with E-state index in [1.54, 1.807) is 0 Å². The summed E-state index contributed by atoms with van der Waals surface area (Å²) >= 11 is 0. The second kappa shape index (κ2) is 6.28. The summed E-state index contributed by atoms with van der Waals surface area (Å²) < 4.78 is 0. The van der Waals surface area contributed by atoms with Crippen molar-refractivity contribution in [3.63, 3.8) is 0 Å². The van der Waals surface area contributed by atoms with Crippen molar-refractivity contribution in [3.8, 4) is 0 Å². The summed E-state index contributed by atoms with van der Waals surface area (Å²) in [5.41, 5.74) is 2.36. The number of aryl methyl sites for hydroxylation is 1. The van der Waals surface area contributed by atoms with Gasteiger partial charge in [0.05, 0.1) is 6.04 Å². The first-order valence-electron chi connectivity index (χ1n) is 6.10. The van der Waals surface area contributed by atoms with Gasteiger partial charge in [0.15, 0.2) is 0 Å². The maximum absolute atomic E-state index is 11.6. The van der Waals surface area contributed by atoms with Crippen LogP contribution in [0.4, 0.5) is 4.79 Å². The number of carbonyl (C=O) groups excluding carboxylic acids is 1. The Morgan fingerprint density at radius 1 is 1.24 bits per heavy atom. The van der Waals surface area contributed by atoms with Gasteiger partial charge >= 0.3 is 6.03 Å². The van der Waals surface area contributed by atoms with Gasteiger partial charge in [-0.05, 0) is 30.9 Å². The lowest BCUT2D eigenvalue weighted by molar-refractivity contribution is 0.236. The molecular formula is C14H22N2O. The molecule has 0 saturated carbocycles. The highest BCUT2D eigenvalue weighted by Crippen LogP contribution is 2.16. The molecule has 2 N–H and O–H groups in total. The van der Waals surface area contributed by atoms with E-state index >= 15 is 0 Å². The summed E-state index contributed by atoms with van der Waals surface area (Å²) in [7, 11) is 0. The molecule has 0 unspecified atom stereocenters. The fourth-order valence-corrected chi connectivity index (χ4v) is 1.69. The minimum Gasteiger partial charge on any atom is -0.338 e. The molecule has 1 aromatic rings. The van der Waals surface area contributed by atoms with E-state index in [9.17, 15) is 4.79 Å². The number of hydrogen-bond donors (Lipinski definition) is 2. The summed E-state index contributed by atoms with van der Waals surface area (Å²) in [5.74, 6) is 0.467. The average molecular weight is 234 g/mol. The molecule has 0 saturated heterocycles. The SMILES string of the molecule is Cc1ccccc1[C@H](C)NC(=O)NCC(C)C. The largest absolute Gasteiger partial charge is 0.338 e. The fraction of sp³-hybridized carbons (Fsp3) is 0.500. The Balaban J connectivity index is 2.52. The Morgan fingerprint density at radius 3 is 2.47 bits per heavy atom. The monoisotopic (exact) mass is 234 g/mol. The first kappa shape index (κ1) is 13.6. The van der Waals surface area contributed by atoms with Crippen LogP contribution in [0.15, 0.2) is 24.3 Å². The Morgan fingerprint density at radius 2 is 1.88 bits per heavy atom. The van der Waals surface area contributed by atoms with E-state index < -0.39 is 0 Å². The lowest BCUT2D eigenvalue weighted by Crippen LogP contribution is -2.38. The fourth-order valence-electron chi connectivity index (χ4n) is 1.69. The third-order valence-corrected chi connectivity index (χ3v) is 2.67. The number of amides is 2. The number of urea groups is 1. The molecule has 2 amide bonds. The maximum atomic E-state index is 11.6. The Bertz CT molecular complexity index is 374. The van der Waals surface area contributed by atoms with E-state index in [0.717, 1.165) is 5.56 Å².